The Morgan fingerprint density at radius 2 is 1.47 bits per heavy atom. The van der Waals surface area contributed by atoms with Crippen molar-refractivity contribution in [1.82, 2.24) is 10.2 Å². The first-order chi connectivity index (χ1) is 23.2. The topological polar surface area (TPSA) is 231 Å². The van der Waals surface area contributed by atoms with Crippen LogP contribution in [0, 0.1) is 20.2 Å². The van der Waals surface area contributed by atoms with Crippen LogP contribution in [-0.2, 0) is 44.1 Å². The maximum atomic E-state index is 13.1. The van der Waals surface area contributed by atoms with Gasteiger partial charge in [0.15, 0.2) is 5.12 Å². The minimum absolute atomic E-state index is 0.0898. The number of primary sulfonamides is 1. The number of benzene rings is 3. The van der Waals surface area contributed by atoms with Crippen LogP contribution in [0.5, 0.6) is 0 Å². The highest BCUT2D eigenvalue weighted by molar-refractivity contribution is 8.14. The van der Waals surface area contributed by atoms with Gasteiger partial charge in [0, 0.05) is 66.2 Å². The minimum Gasteiger partial charge on any atom is -0.445 e. The number of ether oxygens (including phenoxy) is 2. The molecule has 0 aliphatic carbocycles. The smallest absolute Gasteiger partial charge is 0.410 e. The van der Waals surface area contributed by atoms with Crippen LogP contribution in [0.1, 0.15) is 30.0 Å². The number of carbonyl (C=O) groups excluding carboxylic acids is 3. The molecule has 0 bridgehead atoms. The van der Waals surface area contributed by atoms with Crippen molar-refractivity contribution in [2.45, 2.75) is 54.2 Å². The second-order valence-corrected chi connectivity index (χ2v) is 14.8. The summed E-state index contributed by atoms with van der Waals surface area (Å²) in [7, 11) is -4.21. The Morgan fingerprint density at radius 3 is 2.00 bits per heavy atom. The van der Waals surface area contributed by atoms with E-state index in [4.69, 9.17) is 14.6 Å². The third-order valence-corrected chi connectivity index (χ3v) is 10.5. The number of nitro groups is 2. The number of nitro benzene ring substituents is 2. The van der Waals surface area contributed by atoms with E-state index in [1.807, 2.05) is 0 Å². The van der Waals surface area contributed by atoms with E-state index in [9.17, 15) is 43.0 Å². The molecule has 49 heavy (non-hydrogen) atoms. The summed E-state index contributed by atoms with van der Waals surface area (Å²) in [5, 5.41) is 29.4. The number of nitrogens with two attached hydrogens (primary N) is 1. The Balaban J connectivity index is 1.37. The highest BCUT2D eigenvalue weighted by Crippen LogP contribution is 2.34. The quantitative estimate of drug-likeness (QED) is 0.138. The molecule has 1 aliphatic heterocycles. The van der Waals surface area contributed by atoms with Crippen LogP contribution in [0.15, 0.2) is 76.5 Å². The van der Waals surface area contributed by atoms with Gasteiger partial charge in [0.05, 0.1) is 14.7 Å². The van der Waals surface area contributed by atoms with E-state index >= 15 is 0 Å². The lowest BCUT2D eigenvalue weighted by Gasteiger charge is -2.24. The maximum Gasteiger partial charge on any atom is 0.410 e. The molecule has 4 rings (SSSR count). The van der Waals surface area contributed by atoms with Crippen LogP contribution in [0.4, 0.5) is 21.0 Å². The fourth-order valence-corrected chi connectivity index (χ4v) is 8.06. The molecule has 19 heteroatoms. The van der Waals surface area contributed by atoms with Crippen LogP contribution in [0.3, 0.4) is 0 Å². The number of carbonyl (C=O) groups is 3. The summed E-state index contributed by atoms with van der Waals surface area (Å²) in [5.74, 6) is 0.247. The Labute approximate surface area is 289 Å². The van der Waals surface area contributed by atoms with E-state index in [-0.39, 0.29) is 58.7 Å². The predicted molar refractivity (Wildman–Crippen MR) is 179 cm³/mol. The fraction of sp³-hybridized carbons (Fsp3) is 0.300. The van der Waals surface area contributed by atoms with Gasteiger partial charge in [-0.15, -0.1) is 11.8 Å². The van der Waals surface area contributed by atoms with Gasteiger partial charge in [-0.3, -0.25) is 25.0 Å². The highest BCUT2D eigenvalue weighted by atomic mass is 32.2. The third kappa shape index (κ3) is 10.9. The molecule has 3 aromatic carbocycles. The van der Waals surface area contributed by atoms with E-state index in [2.05, 4.69) is 5.32 Å². The Morgan fingerprint density at radius 1 is 0.918 bits per heavy atom. The highest BCUT2D eigenvalue weighted by Gasteiger charge is 2.37. The molecule has 1 aliphatic rings. The van der Waals surface area contributed by atoms with Crippen molar-refractivity contribution in [3.05, 3.63) is 104 Å². The number of nitrogens with one attached hydrogen (secondary N) is 1. The first kappa shape index (κ1) is 37.1. The van der Waals surface area contributed by atoms with Gasteiger partial charge in [-0.2, -0.15) is 0 Å². The summed E-state index contributed by atoms with van der Waals surface area (Å²) >= 11 is 2.25. The Bertz CT molecular complexity index is 1820. The van der Waals surface area contributed by atoms with Gasteiger partial charge in [0.2, 0.25) is 10.0 Å². The minimum atomic E-state index is -4.21. The van der Waals surface area contributed by atoms with Crippen LogP contribution in [0.25, 0.3) is 0 Å². The molecule has 3 aromatic rings. The first-order valence-corrected chi connectivity index (χ1v) is 17.9. The van der Waals surface area contributed by atoms with Gasteiger partial charge in [-0.25, -0.2) is 23.1 Å². The van der Waals surface area contributed by atoms with E-state index < -0.39 is 38.1 Å². The standard InChI is InChI=1S/C30H31N5O11S3/c1-19(36)48-26-13-25(33(15-26)30(38)46-17-21-4-9-24(10-5-21)35(41)42)18-47-27-11-6-22(12-28(27)49(31,43)44)14-32-29(37)45-16-20-2-7-23(8-3-20)34(39)40/h2-12,25-26H,13-18H2,1H3,(H,32,37)(H2,31,43,44)/t25-,26-/m0/s1. The molecule has 3 N–H and O–H groups in total. The lowest BCUT2D eigenvalue weighted by molar-refractivity contribution is -0.385. The second kappa shape index (κ2) is 16.6. The molecule has 0 saturated carbocycles. The predicted octanol–water partition coefficient (Wildman–Crippen LogP) is 4.73. The zero-order valence-electron chi connectivity index (χ0n) is 25.9. The molecule has 0 spiro atoms. The first-order valence-electron chi connectivity index (χ1n) is 14.5. The average molecular weight is 734 g/mol. The van der Waals surface area contributed by atoms with Crippen LogP contribution in [0.2, 0.25) is 0 Å². The van der Waals surface area contributed by atoms with Gasteiger partial charge in [0.1, 0.15) is 13.2 Å². The fourth-order valence-electron chi connectivity index (χ4n) is 4.80. The number of rotatable bonds is 13. The van der Waals surface area contributed by atoms with Gasteiger partial charge in [0.25, 0.3) is 11.4 Å². The molecule has 0 aromatic heterocycles. The molecular formula is C30H31N5O11S3. The number of likely N-dealkylation sites (tertiary alicyclic amines) is 1. The van der Waals surface area contributed by atoms with E-state index in [1.165, 1.54) is 72.5 Å². The summed E-state index contributed by atoms with van der Waals surface area (Å²) < 4.78 is 35.7. The van der Waals surface area contributed by atoms with Gasteiger partial charge >= 0.3 is 12.2 Å². The lowest BCUT2D eigenvalue weighted by Crippen LogP contribution is -2.37. The average Bonchev–Trinajstić information content (AvgIpc) is 3.46. The van der Waals surface area contributed by atoms with Crippen molar-refractivity contribution < 1.29 is 42.1 Å². The number of non-ortho nitro benzene ring substituents is 2. The van der Waals surface area contributed by atoms with E-state index in [0.29, 0.717) is 28.0 Å². The molecule has 1 saturated heterocycles. The zero-order chi connectivity index (χ0) is 35.7. The molecule has 0 radical (unpaired) electrons. The van der Waals surface area contributed by atoms with E-state index in [0.717, 1.165) is 23.5 Å². The van der Waals surface area contributed by atoms with Crippen molar-refractivity contribution in [2.24, 2.45) is 5.14 Å². The van der Waals surface area contributed by atoms with Crippen molar-refractivity contribution in [3.8, 4) is 0 Å². The zero-order valence-corrected chi connectivity index (χ0v) is 28.3. The van der Waals surface area contributed by atoms with Crippen molar-refractivity contribution in [2.75, 3.05) is 12.3 Å². The summed E-state index contributed by atoms with van der Waals surface area (Å²) in [6.45, 7) is 1.29. The summed E-state index contributed by atoms with van der Waals surface area (Å²) in [4.78, 5) is 59.4. The largest absolute Gasteiger partial charge is 0.445 e. The lowest BCUT2D eigenvalue weighted by atomic mass is 10.2. The normalized spacial score (nSPS) is 15.8. The summed E-state index contributed by atoms with van der Waals surface area (Å²) in [5.41, 5.74) is 1.29. The molecule has 1 fully saturated rings. The molecule has 1 heterocycles. The van der Waals surface area contributed by atoms with Crippen molar-refractivity contribution in [3.63, 3.8) is 0 Å². The summed E-state index contributed by atoms with van der Waals surface area (Å²) in [6.07, 6.45) is -1.00. The monoisotopic (exact) mass is 733 g/mol. The van der Waals surface area contributed by atoms with Gasteiger partial charge in [-0.1, -0.05) is 17.8 Å². The number of hydrogen-bond acceptors (Lipinski definition) is 13. The van der Waals surface area contributed by atoms with Gasteiger partial charge < -0.3 is 19.7 Å². The molecule has 260 valence electrons. The van der Waals surface area contributed by atoms with Crippen LogP contribution < -0.4 is 10.5 Å². The summed E-state index contributed by atoms with van der Waals surface area (Å²) in [6, 6.07) is 15.1. The van der Waals surface area contributed by atoms with Crippen LogP contribution >= 0.6 is 23.5 Å². The number of amides is 2. The Hall–Kier alpha value is -4.72. The molecule has 16 nitrogen and oxygen atoms in total. The molecule has 2 atom stereocenters. The number of sulfonamides is 1. The number of nitrogens with zero attached hydrogens (tertiary/aromatic N) is 3. The third-order valence-electron chi connectivity index (χ3n) is 7.15. The molecular weight excluding hydrogens is 703 g/mol. The number of alkyl carbamates (subject to hydrolysis) is 1. The maximum absolute atomic E-state index is 13.1. The van der Waals surface area contributed by atoms with Crippen molar-refractivity contribution in [1.29, 1.82) is 0 Å². The second-order valence-electron chi connectivity index (χ2n) is 10.7. The van der Waals surface area contributed by atoms with Crippen LogP contribution in [-0.4, -0.2) is 64.1 Å². The number of hydrogen-bond donors (Lipinski definition) is 2. The molecule has 2 amide bonds. The number of thioether (sulfide) groups is 2. The van der Waals surface area contributed by atoms with Crippen molar-refractivity contribution >= 4 is 62.2 Å². The van der Waals surface area contributed by atoms with Gasteiger partial charge in [-0.05, 0) is 59.5 Å². The Kier molecular flexibility index (Phi) is 12.6. The van der Waals surface area contributed by atoms with E-state index in [1.54, 1.807) is 6.07 Å². The molecule has 0 unspecified atom stereocenters. The SMILES string of the molecule is CC(=O)S[C@H]1C[C@@H](CSc2ccc(CNC(=O)OCc3ccc([N+](=O)[O-])cc3)cc2S(N)(=O)=O)N(C(=O)OCc2ccc([N+](=O)[O-])cc2)C1.